The molecule has 0 bridgehead atoms. The van der Waals surface area contributed by atoms with E-state index in [1.165, 1.54) is 51.6 Å². The number of allylic oxidation sites excluding steroid dienone is 12. The molecular formula is C65H74N4. The van der Waals surface area contributed by atoms with Crippen molar-refractivity contribution in [1.82, 2.24) is 0 Å². The molecule has 0 spiro atoms. The first-order valence-corrected chi connectivity index (χ1v) is 24.6. The molecule has 4 heteroatoms. The Bertz CT molecular complexity index is 2760. The molecule has 354 valence electrons. The Labute approximate surface area is 415 Å². The van der Waals surface area contributed by atoms with Gasteiger partial charge in [-0.3, -0.25) is 4.99 Å². The number of nitrogens with two attached hydrogens (primary N) is 1. The van der Waals surface area contributed by atoms with Gasteiger partial charge in [0.25, 0.3) is 0 Å². The molecule has 0 aromatic heterocycles. The quantitative estimate of drug-likeness (QED) is 0.0894. The fourth-order valence-electron chi connectivity index (χ4n) is 9.40. The summed E-state index contributed by atoms with van der Waals surface area (Å²) in [5.74, 6) is 2.03. The standard InChI is InChI=1S/C45H41N3.C15H18.C2H6.C2H4.CH5N/c1-5-31-25-26-38-39-23-14-24-40(42(39)45(2,3)41(38)28-31)44(47-30-32-15-12-20-35(27-32)33-16-8-6-9-17-33)48-43(46-4)37-22-13-21-36(29-37)34-18-10-7-11-19-34;1-13(14-9-5-3-6-10-14)15(2)11-7-4-8-12-15;3*1-2/h6-14,16-29,32H,4-5,15,30H2,1-3H3;3-9,11,14H,1,10,12H2,2H3;1-2H3;1-2H2;2H2,1H3. The van der Waals surface area contributed by atoms with Gasteiger partial charge < -0.3 is 5.73 Å². The average molecular weight is 911 g/mol. The van der Waals surface area contributed by atoms with Crippen molar-refractivity contribution in [3.8, 4) is 22.3 Å². The van der Waals surface area contributed by atoms with Crippen LogP contribution in [0.1, 0.15) is 94.2 Å². The first-order valence-electron chi connectivity index (χ1n) is 24.6. The Kier molecular flexibility index (Phi) is 19.9. The van der Waals surface area contributed by atoms with Gasteiger partial charge in [-0.1, -0.05) is 236 Å². The number of nitrogens with zero attached hydrogens (tertiary/aromatic N) is 3. The monoisotopic (exact) mass is 911 g/mol. The van der Waals surface area contributed by atoms with Gasteiger partial charge in [0, 0.05) is 40.3 Å². The van der Waals surface area contributed by atoms with Crippen molar-refractivity contribution in [3.05, 3.63) is 247 Å². The van der Waals surface area contributed by atoms with E-state index in [2.05, 4.69) is 247 Å². The molecule has 5 aromatic rings. The van der Waals surface area contributed by atoms with E-state index >= 15 is 0 Å². The number of aryl methyl sites for hydroxylation is 1. The lowest BCUT2D eigenvalue weighted by atomic mass is 9.71. The van der Waals surface area contributed by atoms with E-state index in [4.69, 9.17) is 9.98 Å². The maximum absolute atomic E-state index is 5.34. The van der Waals surface area contributed by atoms with E-state index in [0.717, 1.165) is 47.9 Å². The molecule has 0 amide bonds. The van der Waals surface area contributed by atoms with Crippen LogP contribution >= 0.6 is 0 Å². The van der Waals surface area contributed by atoms with Gasteiger partial charge in [0.2, 0.25) is 0 Å². The van der Waals surface area contributed by atoms with Crippen LogP contribution in [-0.2, 0) is 11.8 Å². The predicted molar refractivity (Wildman–Crippen MR) is 304 cm³/mol. The van der Waals surface area contributed by atoms with Crippen molar-refractivity contribution < 1.29 is 0 Å². The number of hydrogen-bond acceptors (Lipinski definition) is 2. The molecule has 4 aliphatic carbocycles. The highest BCUT2D eigenvalue weighted by Crippen LogP contribution is 2.50. The maximum Gasteiger partial charge on any atom is 0.161 e. The first kappa shape index (κ1) is 53.0. The van der Waals surface area contributed by atoms with Crippen LogP contribution in [0.2, 0.25) is 0 Å². The lowest BCUT2D eigenvalue weighted by Crippen LogP contribution is -2.21. The van der Waals surface area contributed by atoms with Gasteiger partial charge >= 0.3 is 0 Å². The number of rotatable bonds is 9. The largest absolute Gasteiger partial charge is 0.333 e. The van der Waals surface area contributed by atoms with Crippen LogP contribution in [0.3, 0.4) is 0 Å². The van der Waals surface area contributed by atoms with Crippen LogP contribution < -0.4 is 5.73 Å². The van der Waals surface area contributed by atoms with Crippen LogP contribution in [-0.4, -0.2) is 32.0 Å². The normalized spacial score (nSPS) is 19.0. The van der Waals surface area contributed by atoms with Crippen molar-refractivity contribution >= 4 is 24.0 Å². The maximum atomic E-state index is 5.34. The minimum absolute atomic E-state index is 0.148. The van der Waals surface area contributed by atoms with Crippen molar-refractivity contribution in [1.29, 1.82) is 0 Å². The SMILES string of the molecule is C=C.C=C(C1C=CC=CC1)C1(C)C=CC=CC1.C=NC(=NC(=NCC1C=C(c2ccccc2)C=CC1)c1cccc2c1C(C)(C)c1cc(CC)ccc1-2)c1cccc(-c2ccccc2)c1.CC.CN. The Balaban J connectivity index is 0.000000354. The highest BCUT2D eigenvalue weighted by molar-refractivity contribution is 6.14. The highest BCUT2D eigenvalue weighted by atomic mass is 15.0. The Morgan fingerprint density at radius 1 is 0.696 bits per heavy atom. The zero-order chi connectivity index (χ0) is 49.8. The summed E-state index contributed by atoms with van der Waals surface area (Å²) >= 11 is 0. The Hall–Kier alpha value is -7.01. The number of amidine groups is 2. The first-order chi connectivity index (χ1) is 33.7. The van der Waals surface area contributed by atoms with Crippen LogP contribution in [0, 0.1) is 17.3 Å². The molecule has 3 atom stereocenters. The molecule has 4 nitrogen and oxygen atoms in total. The smallest absolute Gasteiger partial charge is 0.161 e. The Morgan fingerprint density at radius 3 is 2.03 bits per heavy atom. The van der Waals surface area contributed by atoms with Gasteiger partial charge in [-0.2, -0.15) is 0 Å². The molecule has 0 fully saturated rings. The topological polar surface area (TPSA) is 63.1 Å². The number of benzene rings is 5. The predicted octanol–water partition coefficient (Wildman–Crippen LogP) is 16.4. The average Bonchev–Trinajstić information content (AvgIpc) is 3.66. The minimum Gasteiger partial charge on any atom is -0.333 e. The van der Waals surface area contributed by atoms with E-state index in [9.17, 15) is 0 Å². The summed E-state index contributed by atoms with van der Waals surface area (Å²) in [4.78, 5) is 15.1. The van der Waals surface area contributed by atoms with Crippen LogP contribution in [0.4, 0.5) is 0 Å². The summed E-state index contributed by atoms with van der Waals surface area (Å²) in [6.45, 7) is 28.1. The summed E-state index contributed by atoms with van der Waals surface area (Å²) in [5, 5.41) is 0. The van der Waals surface area contributed by atoms with Crippen LogP contribution in [0.5, 0.6) is 0 Å². The summed E-state index contributed by atoms with van der Waals surface area (Å²) in [5.41, 5.74) is 19.0. The van der Waals surface area contributed by atoms with E-state index < -0.39 is 0 Å². The zero-order valence-electron chi connectivity index (χ0n) is 42.3. The van der Waals surface area contributed by atoms with E-state index in [0.29, 0.717) is 24.1 Å². The molecule has 0 saturated heterocycles. The summed E-state index contributed by atoms with van der Waals surface area (Å²) in [6.07, 6.45) is 28.5. The summed E-state index contributed by atoms with van der Waals surface area (Å²) < 4.78 is 0. The fourth-order valence-corrected chi connectivity index (χ4v) is 9.40. The number of hydrogen-bond donors (Lipinski definition) is 1. The molecule has 4 aliphatic rings. The fraction of sp³-hybridized carbons (Fsp3) is 0.246. The van der Waals surface area contributed by atoms with Crippen molar-refractivity contribution in [2.24, 2.45) is 38.0 Å². The molecule has 69 heavy (non-hydrogen) atoms. The van der Waals surface area contributed by atoms with Gasteiger partial charge in [0.1, 0.15) is 0 Å². The number of fused-ring (bicyclic) bond motifs is 3. The molecule has 0 saturated carbocycles. The molecule has 0 radical (unpaired) electrons. The third-order valence-corrected chi connectivity index (χ3v) is 13.1. The van der Waals surface area contributed by atoms with Crippen LogP contribution in [0.25, 0.3) is 27.8 Å². The third-order valence-electron chi connectivity index (χ3n) is 13.1. The number of aliphatic imine (C=N–C) groups is 3. The zero-order valence-corrected chi connectivity index (χ0v) is 42.3. The van der Waals surface area contributed by atoms with Gasteiger partial charge in [-0.05, 0) is 95.6 Å². The molecular weight excluding hydrogens is 837 g/mol. The Morgan fingerprint density at radius 2 is 1.38 bits per heavy atom. The molecule has 3 unspecified atom stereocenters. The van der Waals surface area contributed by atoms with E-state index in [1.54, 1.807) is 0 Å². The molecule has 9 rings (SSSR count). The van der Waals surface area contributed by atoms with Crippen molar-refractivity contribution in [3.63, 3.8) is 0 Å². The van der Waals surface area contributed by atoms with Crippen molar-refractivity contribution in [2.75, 3.05) is 13.6 Å². The second-order valence-corrected chi connectivity index (χ2v) is 17.8. The van der Waals surface area contributed by atoms with Gasteiger partial charge in [-0.25, -0.2) is 9.98 Å². The highest BCUT2D eigenvalue weighted by Gasteiger charge is 2.38. The molecule has 0 heterocycles. The summed E-state index contributed by atoms with van der Waals surface area (Å²) in [6, 6.07) is 42.9. The van der Waals surface area contributed by atoms with Gasteiger partial charge in [0.05, 0.1) is 0 Å². The van der Waals surface area contributed by atoms with Gasteiger partial charge in [0.15, 0.2) is 11.7 Å². The van der Waals surface area contributed by atoms with E-state index in [-0.39, 0.29) is 16.7 Å². The second kappa shape index (κ2) is 25.9. The lowest BCUT2D eigenvalue weighted by Gasteiger charge is -2.33. The molecule has 0 aliphatic heterocycles. The minimum atomic E-state index is -0.217. The second-order valence-electron chi connectivity index (χ2n) is 17.8. The van der Waals surface area contributed by atoms with Crippen LogP contribution in [0.15, 0.2) is 228 Å². The van der Waals surface area contributed by atoms with Gasteiger partial charge in [-0.15, -0.1) is 13.2 Å². The van der Waals surface area contributed by atoms with Crippen molar-refractivity contribution in [2.45, 2.75) is 72.6 Å². The van der Waals surface area contributed by atoms with E-state index in [1.807, 2.05) is 19.9 Å². The summed E-state index contributed by atoms with van der Waals surface area (Å²) in [7, 11) is 1.50. The third kappa shape index (κ3) is 12.8. The molecule has 2 N–H and O–H groups in total. The molecule has 5 aromatic carbocycles. The lowest BCUT2D eigenvalue weighted by molar-refractivity contribution is 0.467.